The van der Waals surface area contributed by atoms with E-state index >= 15 is 0 Å². The zero-order valence-corrected chi connectivity index (χ0v) is 11.4. The van der Waals surface area contributed by atoms with Crippen molar-refractivity contribution in [2.75, 3.05) is 0 Å². The Morgan fingerprint density at radius 2 is 2.19 bits per heavy atom. The number of nitrogens with zero attached hydrogens (tertiary/aromatic N) is 1. The van der Waals surface area contributed by atoms with Gasteiger partial charge in [-0.05, 0) is 25.7 Å². The third kappa shape index (κ3) is 3.72. The summed E-state index contributed by atoms with van der Waals surface area (Å²) in [6.07, 6.45) is 8.21. The molecule has 1 fully saturated rings. The summed E-state index contributed by atoms with van der Waals surface area (Å²) in [4.78, 5) is 4.56. The Labute approximate surface area is 108 Å². The van der Waals surface area contributed by atoms with Gasteiger partial charge in [-0.25, -0.2) is 4.98 Å². The summed E-state index contributed by atoms with van der Waals surface area (Å²) in [5.74, 6) is 0.963. The smallest absolute Gasteiger partial charge is 0.109 e. The molecule has 2 N–H and O–H groups in total. The first-order chi connectivity index (χ1) is 7.25. The molecule has 0 saturated heterocycles. The van der Waals surface area contributed by atoms with Crippen LogP contribution in [-0.2, 0) is 6.42 Å². The number of nitrogens with two attached hydrogens (primary N) is 1. The van der Waals surface area contributed by atoms with E-state index in [0.717, 1.165) is 17.3 Å². The Morgan fingerprint density at radius 1 is 1.50 bits per heavy atom. The van der Waals surface area contributed by atoms with E-state index in [2.05, 4.69) is 10.4 Å². The number of aromatic nitrogens is 1. The Hall–Kier alpha value is -0.120. The Kier molecular flexibility index (Phi) is 5.73. The van der Waals surface area contributed by atoms with Gasteiger partial charge in [0, 0.05) is 5.38 Å². The minimum Gasteiger partial charge on any atom is -0.322 e. The van der Waals surface area contributed by atoms with Gasteiger partial charge in [-0.2, -0.15) is 0 Å². The molecule has 1 aromatic heterocycles. The predicted molar refractivity (Wildman–Crippen MR) is 72.2 cm³/mol. The fraction of sp³-hybridized carbons (Fsp3) is 0.750. The van der Waals surface area contributed by atoms with Gasteiger partial charge in [0.1, 0.15) is 5.01 Å². The Bertz CT molecular complexity index is 306. The fourth-order valence-corrected chi connectivity index (χ4v) is 3.11. The van der Waals surface area contributed by atoms with Crippen LogP contribution in [0.3, 0.4) is 0 Å². The summed E-state index contributed by atoms with van der Waals surface area (Å²) in [5.41, 5.74) is 7.04. The topological polar surface area (TPSA) is 38.9 Å². The van der Waals surface area contributed by atoms with Crippen molar-refractivity contribution >= 4 is 23.7 Å². The van der Waals surface area contributed by atoms with Crippen molar-refractivity contribution < 1.29 is 0 Å². The van der Waals surface area contributed by atoms with Crippen molar-refractivity contribution in [3.8, 4) is 0 Å². The van der Waals surface area contributed by atoms with Gasteiger partial charge in [-0.3, -0.25) is 0 Å². The van der Waals surface area contributed by atoms with Gasteiger partial charge in [-0.15, -0.1) is 23.7 Å². The highest BCUT2D eigenvalue weighted by Crippen LogP contribution is 2.29. The fourth-order valence-electron chi connectivity index (χ4n) is 2.30. The second-order valence-electron chi connectivity index (χ2n) is 4.65. The van der Waals surface area contributed by atoms with Crippen molar-refractivity contribution in [3.05, 3.63) is 16.1 Å². The number of hydrogen-bond donors (Lipinski definition) is 1. The predicted octanol–water partition coefficient (Wildman–Crippen LogP) is 3.71. The van der Waals surface area contributed by atoms with Crippen LogP contribution in [0.25, 0.3) is 0 Å². The molecule has 0 radical (unpaired) electrons. The van der Waals surface area contributed by atoms with E-state index in [9.17, 15) is 0 Å². The molecule has 0 bridgehead atoms. The average Bonchev–Trinajstić information content (AvgIpc) is 2.86. The second-order valence-corrected chi connectivity index (χ2v) is 5.54. The van der Waals surface area contributed by atoms with Gasteiger partial charge in [0.05, 0.1) is 11.7 Å². The van der Waals surface area contributed by atoms with E-state index in [1.807, 2.05) is 6.92 Å². The molecule has 1 unspecified atom stereocenters. The lowest BCUT2D eigenvalue weighted by Gasteiger charge is -2.06. The molecule has 1 saturated carbocycles. The molecule has 1 atom stereocenters. The molecular formula is C12H21ClN2S. The van der Waals surface area contributed by atoms with Crippen LogP contribution in [0.4, 0.5) is 0 Å². The van der Waals surface area contributed by atoms with Gasteiger partial charge in [0.15, 0.2) is 0 Å². The van der Waals surface area contributed by atoms with Crippen LogP contribution < -0.4 is 5.73 Å². The molecule has 0 spiro atoms. The van der Waals surface area contributed by atoms with Crippen LogP contribution in [0, 0.1) is 5.92 Å². The SMILES string of the molecule is CC(N)c1nc(CCC2CCCC2)cs1.Cl. The van der Waals surface area contributed by atoms with Crippen molar-refractivity contribution in [1.82, 2.24) is 4.98 Å². The second kappa shape index (κ2) is 6.58. The minimum absolute atomic E-state index is 0. The quantitative estimate of drug-likeness (QED) is 0.896. The molecule has 0 amide bonds. The lowest BCUT2D eigenvalue weighted by Crippen LogP contribution is -2.04. The van der Waals surface area contributed by atoms with Crippen LogP contribution in [-0.4, -0.2) is 4.98 Å². The molecule has 1 aliphatic rings. The lowest BCUT2D eigenvalue weighted by molar-refractivity contribution is 0.501. The minimum atomic E-state index is 0. The summed E-state index contributed by atoms with van der Waals surface area (Å²) in [7, 11) is 0. The number of rotatable bonds is 4. The summed E-state index contributed by atoms with van der Waals surface area (Å²) in [6.45, 7) is 2.00. The van der Waals surface area contributed by atoms with E-state index in [1.165, 1.54) is 37.8 Å². The molecule has 92 valence electrons. The maximum atomic E-state index is 5.79. The van der Waals surface area contributed by atoms with Crippen molar-refractivity contribution in [2.24, 2.45) is 11.7 Å². The highest BCUT2D eigenvalue weighted by Gasteiger charge is 2.15. The highest BCUT2D eigenvalue weighted by molar-refractivity contribution is 7.09. The molecule has 2 rings (SSSR count). The Balaban J connectivity index is 0.00000128. The third-order valence-electron chi connectivity index (χ3n) is 3.24. The largest absolute Gasteiger partial charge is 0.322 e. The summed E-state index contributed by atoms with van der Waals surface area (Å²) < 4.78 is 0. The van der Waals surface area contributed by atoms with E-state index in [-0.39, 0.29) is 18.4 Å². The van der Waals surface area contributed by atoms with E-state index in [4.69, 9.17) is 5.73 Å². The normalized spacial score (nSPS) is 18.4. The molecule has 0 aromatic carbocycles. The van der Waals surface area contributed by atoms with Gasteiger partial charge in [0.25, 0.3) is 0 Å². The number of aryl methyl sites for hydroxylation is 1. The highest BCUT2D eigenvalue weighted by atomic mass is 35.5. The number of hydrogen-bond acceptors (Lipinski definition) is 3. The molecule has 1 heterocycles. The number of halogens is 1. The van der Waals surface area contributed by atoms with Gasteiger partial charge >= 0.3 is 0 Å². The molecule has 1 aromatic rings. The lowest BCUT2D eigenvalue weighted by atomic mass is 10.0. The molecule has 2 nitrogen and oxygen atoms in total. The molecule has 0 aliphatic heterocycles. The number of thiazole rings is 1. The zero-order valence-electron chi connectivity index (χ0n) is 9.82. The van der Waals surface area contributed by atoms with E-state index in [0.29, 0.717) is 0 Å². The van der Waals surface area contributed by atoms with Crippen molar-refractivity contribution in [1.29, 1.82) is 0 Å². The van der Waals surface area contributed by atoms with Crippen LogP contribution in [0.15, 0.2) is 5.38 Å². The molecule has 4 heteroatoms. The average molecular weight is 261 g/mol. The van der Waals surface area contributed by atoms with Gasteiger partial charge < -0.3 is 5.73 Å². The Morgan fingerprint density at radius 3 is 2.75 bits per heavy atom. The monoisotopic (exact) mass is 260 g/mol. The van der Waals surface area contributed by atoms with Crippen LogP contribution in [0.5, 0.6) is 0 Å². The van der Waals surface area contributed by atoms with Crippen LogP contribution in [0.1, 0.15) is 55.8 Å². The maximum absolute atomic E-state index is 5.79. The maximum Gasteiger partial charge on any atom is 0.109 e. The van der Waals surface area contributed by atoms with E-state index in [1.54, 1.807) is 11.3 Å². The van der Waals surface area contributed by atoms with Crippen LogP contribution in [0.2, 0.25) is 0 Å². The summed E-state index contributed by atoms with van der Waals surface area (Å²) in [6, 6.07) is 0.0928. The standard InChI is InChI=1S/C12H20N2S.ClH/c1-9(13)12-14-11(8-15-12)7-6-10-4-2-3-5-10;/h8-10H,2-7,13H2,1H3;1H. The first-order valence-electron chi connectivity index (χ1n) is 5.95. The van der Waals surface area contributed by atoms with E-state index < -0.39 is 0 Å². The molecule has 1 aliphatic carbocycles. The van der Waals surface area contributed by atoms with Crippen molar-refractivity contribution in [2.45, 2.75) is 51.5 Å². The van der Waals surface area contributed by atoms with Gasteiger partial charge in [-0.1, -0.05) is 25.7 Å². The summed E-state index contributed by atoms with van der Waals surface area (Å²) >= 11 is 1.70. The molecular weight excluding hydrogens is 240 g/mol. The third-order valence-corrected chi connectivity index (χ3v) is 4.34. The molecule has 16 heavy (non-hydrogen) atoms. The van der Waals surface area contributed by atoms with Crippen LogP contribution >= 0.6 is 23.7 Å². The first kappa shape index (κ1) is 13.9. The zero-order chi connectivity index (χ0) is 10.7. The summed E-state index contributed by atoms with van der Waals surface area (Å²) in [5, 5.41) is 3.25. The first-order valence-corrected chi connectivity index (χ1v) is 6.83. The van der Waals surface area contributed by atoms with Gasteiger partial charge in [0.2, 0.25) is 0 Å². The van der Waals surface area contributed by atoms with Crippen molar-refractivity contribution in [3.63, 3.8) is 0 Å².